The Balaban J connectivity index is 1.78. The number of amides is 2. The molecule has 0 unspecified atom stereocenters. The predicted molar refractivity (Wildman–Crippen MR) is 87.0 cm³/mol. The van der Waals surface area contributed by atoms with Crippen molar-refractivity contribution in [3.05, 3.63) is 18.3 Å². The summed E-state index contributed by atoms with van der Waals surface area (Å²) in [5, 5.41) is 0.511. The van der Waals surface area contributed by atoms with E-state index in [1.807, 2.05) is 17.0 Å². The van der Waals surface area contributed by atoms with Gasteiger partial charge in [-0.15, -0.1) is 0 Å². The van der Waals surface area contributed by atoms with Gasteiger partial charge in [-0.25, -0.2) is 4.98 Å². The Labute approximate surface area is 135 Å². The van der Waals surface area contributed by atoms with Crippen molar-refractivity contribution in [2.45, 2.75) is 42.9 Å². The van der Waals surface area contributed by atoms with Crippen LogP contribution in [0.15, 0.2) is 23.4 Å². The Bertz CT molecular complexity index is 572. The zero-order valence-corrected chi connectivity index (χ0v) is 13.6. The molecule has 2 aliphatic heterocycles. The van der Waals surface area contributed by atoms with Crippen LogP contribution in [0.1, 0.15) is 32.6 Å². The first-order chi connectivity index (χ1) is 10.7. The average Bonchev–Trinajstić information content (AvgIpc) is 3.06. The first-order valence-corrected chi connectivity index (χ1v) is 8.79. The van der Waals surface area contributed by atoms with E-state index < -0.39 is 0 Å². The number of fused-ring (bicyclic) bond motifs is 1. The number of aromatic nitrogens is 1. The fraction of sp³-hybridized carbons (Fsp3) is 0.562. The summed E-state index contributed by atoms with van der Waals surface area (Å²) in [6, 6.07) is 3.78. The second kappa shape index (κ2) is 6.69. The Kier molecular flexibility index (Phi) is 4.66. The SMILES string of the molecule is CCCN1C(=O)[C@@H](CC(=O)N2CCCC2)Sc2ncccc21. The maximum Gasteiger partial charge on any atom is 0.241 e. The van der Waals surface area contributed by atoms with Crippen LogP contribution in [0.25, 0.3) is 0 Å². The van der Waals surface area contributed by atoms with E-state index in [2.05, 4.69) is 11.9 Å². The van der Waals surface area contributed by atoms with Gasteiger partial charge in [0, 0.05) is 32.3 Å². The highest BCUT2D eigenvalue weighted by molar-refractivity contribution is 8.00. The summed E-state index contributed by atoms with van der Waals surface area (Å²) < 4.78 is 0. The molecule has 0 aromatic carbocycles. The quantitative estimate of drug-likeness (QED) is 0.854. The normalized spacial score (nSPS) is 21.1. The van der Waals surface area contributed by atoms with E-state index in [9.17, 15) is 9.59 Å². The summed E-state index contributed by atoms with van der Waals surface area (Å²) in [4.78, 5) is 33.2. The molecule has 0 spiro atoms. The lowest BCUT2D eigenvalue weighted by Crippen LogP contribution is -2.44. The fourth-order valence-electron chi connectivity index (χ4n) is 2.99. The predicted octanol–water partition coefficient (Wildman–Crippen LogP) is 2.31. The topological polar surface area (TPSA) is 53.5 Å². The number of anilines is 1. The van der Waals surface area contributed by atoms with Gasteiger partial charge in [0.1, 0.15) is 5.03 Å². The highest BCUT2D eigenvalue weighted by atomic mass is 32.2. The molecule has 0 N–H and O–H groups in total. The monoisotopic (exact) mass is 319 g/mol. The van der Waals surface area contributed by atoms with Gasteiger partial charge < -0.3 is 9.80 Å². The number of hydrogen-bond acceptors (Lipinski definition) is 4. The number of pyridine rings is 1. The summed E-state index contributed by atoms with van der Waals surface area (Å²) in [5.41, 5.74) is 0.879. The minimum atomic E-state index is -0.345. The van der Waals surface area contributed by atoms with E-state index in [0.29, 0.717) is 6.54 Å². The highest BCUT2D eigenvalue weighted by Gasteiger charge is 2.36. The standard InChI is InChI=1S/C16H21N3O2S/c1-2-8-19-12-6-5-7-17-15(12)22-13(16(19)21)11-14(20)18-9-3-4-10-18/h5-7,13H,2-4,8-11H2,1H3/t13-/m1/s1. The molecule has 3 rings (SSSR count). The molecule has 0 radical (unpaired) electrons. The number of likely N-dealkylation sites (tertiary alicyclic amines) is 1. The van der Waals surface area contributed by atoms with Crippen molar-refractivity contribution in [3.8, 4) is 0 Å². The molecule has 6 heteroatoms. The molecule has 1 aromatic heterocycles. The largest absolute Gasteiger partial charge is 0.343 e. The van der Waals surface area contributed by atoms with Crippen LogP contribution < -0.4 is 4.90 Å². The molecule has 1 atom stereocenters. The van der Waals surface area contributed by atoms with Crippen LogP contribution in [0.2, 0.25) is 0 Å². The van der Waals surface area contributed by atoms with Gasteiger partial charge in [-0.05, 0) is 31.4 Å². The minimum Gasteiger partial charge on any atom is -0.343 e. The third-order valence-corrected chi connectivity index (χ3v) is 5.29. The van der Waals surface area contributed by atoms with Crippen LogP contribution in [0.3, 0.4) is 0 Å². The van der Waals surface area contributed by atoms with Gasteiger partial charge in [-0.1, -0.05) is 18.7 Å². The molecule has 1 saturated heterocycles. The van der Waals surface area contributed by atoms with Gasteiger partial charge in [0.05, 0.1) is 10.9 Å². The average molecular weight is 319 g/mol. The van der Waals surface area contributed by atoms with Crippen LogP contribution in [-0.2, 0) is 9.59 Å². The maximum atomic E-state index is 12.7. The lowest BCUT2D eigenvalue weighted by Gasteiger charge is -2.33. The molecule has 0 saturated carbocycles. The molecular formula is C16H21N3O2S. The molecule has 1 aromatic rings. The van der Waals surface area contributed by atoms with E-state index in [-0.39, 0.29) is 23.5 Å². The number of thioether (sulfide) groups is 1. The molecule has 2 amide bonds. The number of nitrogens with zero attached hydrogens (tertiary/aromatic N) is 3. The second-order valence-corrected chi connectivity index (χ2v) is 6.91. The Morgan fingerprint density at radius 2 is 2.18 bits per heavy atom. The third kappa shape index (κ3) is 2.97. The van der Waals surface area contributed by atoms with Crippen molar-refractivity contribution < 1.29 is 9.59 Å². The Morgan fingerprint density at radius 3 is 2.91 bits per heavy atom. The highest BCUT2D eigenvalue weighted by Crippen LogP contribution is 2.39. The van der Waals surface area contributed by atoms with E-state index in [0.717, 1.165) is 43.1 Å². The molecule has 0 aliphatic carbocycles. The molecule has 22 heavy (non-hydrogen) atoms. The first-order valence-electron chi connectivity index (χ1n) is 7.91. The van der Waals surface area contributed by atoms with Crippen molar-refractivity contribution >= 4 is 29.3 Å². The van der Waals surface area contributed by atoms with Crippen LogP contribution in [0.5, 0.6) is 0 Å². The van der Waals surface area contributed by atoms with Crippen LogP contribution in [0.4, 0.5) is 5.69 Å². The van der Waals surface area contributed by atoms with Gasteiger partial charge in [0.2, 0.25) is 11.8 Å². The first kappa shape index (κ1) is 15.3. The molecule has 118 valence electrons. The number of carbonyl (C=O) groups is 2. The van der Waals surface area contributed by atoms with Crippen molar-refractivity contribution in [3.63, 3.8) is 0 Å². The Hall–Kier alpha value is -1.56. The third-order valence-electron chi connectivity index (χ3n) is 4.10. The van der Waals surface area contributed by atoms with Crippen LogP contribution in [-0.4, -0.2) is 46.6 Å². The van der Waals surface area contributed by atoms with Crippen LogP contribution in [0, 0.1) is 0 Å². The minimum absolute atomic E-state index is 0.0416. The van der Waals surface area contributed by atoms with Crippen molar-refractivity contribution in [2.75, 3.05) is 24.5 Å². The van der Waals surface area contributed by atoms with Gasteiger partial charge in [-0.3, -0.25) is 9.59 Å². The number of carbonyl (C=O) groups excluding carboxylic acids is 2. The van der Waals surface area contributed by atoms with E-state index in [1.165, 1.54) is 11.8 Å². The van der Waals surface area contributed by atoms with Gasteiger partial charge in [0.25, 0.3) is 0 Å². The van der Waals surface area contributed by atoms with Crippen LogP contribution >= 0.6 is 11.8 Å². The van der Waals surface area contributed by atoms with Gasteiger partial charge >= 0.3 is 0 Å². The molecular weight excluding hydrogens is 298 g/mol. The lowest BCUT2D eigenvalue weighted by molar-refractivity contribution is -0.132. The maximum absolute atomic E-state index is 12.7. The smallest absolute Gasteiger partial charge is 0.241 e. The van der Waals surface area contributed by atoms with E-state index in [4.69, 9.17) is 0 Å². The summed E-state index contributed by atoms with van der Waals surface area (Å²) in [6.45, 7) is 4.39. The lowest BCUT2D eigenvalue weighted by atomic mass is 10.2. The van der Waals surface area contributed by atoms with Crippen molar-refractivity contribution in [1.82, 2.24) is 9.88 Å². The summed E-state index contributed by atoms with van der Waals surface area (Å²) in [7, 11) is 0. The Morgan fingerprint density at radius 1 is 1.41 bits per heavy atom. The molecule has 1 fully saturated rings. The zero-order valence-electron chi connectivity index (χ0n) is 12.8. The summed E-state index contributed by atoms with van der Waals surface area (Å²) in [5.74, 6) is 0.138. The fourth-order valence-corrected chi connectivity index (χ4v) is 4.14. The molecule has 2 aliphatic rings. The molecule has 5 nitrogen and oxygen atoms in total. The van der Waals surface area contributed by atoms with E-state index >= 15 is 0 Å². The summed E-state index contributed by atoms with van der Waals surface area (Å²) in [6.07, 6.45) is 5.05. The molecule has 3 heterocycles. The van der Waals surface area contributed by atoms with Crippen molar-refractivity contribution in [2.24, 2.45) is 0 Å². The van der Waals surface area contributed by atoms with E-state index in [1.54, 1.807) is 11.1 Å². The summed E-state index contributed by atoms with van der Waals surface area (Å²) >= 11 is 1.43. The van der Waals surface area contributed by atoms with Gasteiger partial charge in [-0.2, -0.15) is 0 Å². The molecule has 0 bridgehead atoms. The number of hydrogen-bond donors (Lipinski definition) is 0. The second-order valence-electron chi connectivity index (χ2n) is 5.72. The zero-order chi connectivity index (χ0) is 15.5. The van der Waals surface area contributed by atoms with Gasteiger partial charge in [0.15, 0.2) is 0 Å². The van der Waals surface area contributed by atoms with Crippen molar-refractivity contribution in [1.29, 1.82) is 0 Å². The number of rotatable bonds is 4.